The van der Waals surface area contributed by atoms with Crippen LogP contribution in [0.5, 0.6) is 0 Å². The fourth-order valence-corrected chi connectivity index (χ4v) is 3.93. The van der Waals surface area contributed by atoms with Gasteiger partial charge >= 0.3 is 0 Å². The predicted octanol–water partition coefficient (Wildman–Crippen LogP) is 3.88. The van der Waals surface area contributed by atoms with Gasteiger partial charge in [0, 0.05) is 33.2 Å². The van der Waals surface area contributed by atoms with Gasteiger partial charge in [-0.2, -0.15) is 0 Å². The Balaban J connectivity index is 2.04. The van der Waals surface area contributed by atoms with Gasteiger partial charge in [-0.15, -0.1) is 22.7 Å². The van der Waals surface area contributed by atoms with Crippen LogP contribution in [0.1, 0.15) is 23.5 Å². The van der Waals surface area contributed by atoms with Gasteiger partial charge < -0.3 is 10.2 Å². The molecule has 0 aliphatic heterocycles. The van der Waals surface area contributed by atoms with Crippen molar-refractivity contribution in [2.24, 2.45) is 0 Å². The number of hydrogen-bond donors (Lipinski definition) is 1. The van der Waals surface area contributed by atoms with Crippen molar-refractivity contribution in [3.63, 3.8) is 0 Å². The molecule has 2 heterocycles. The minimum Gasteiger partial charge on any atom is -0.346 e. The summed E-state index contributed by atoms with van der Waals surface area (Å²) in [6.45, 7) is 3.02. The van der Waals surface area contributed by atoms with E-state index >= 15 is 0 Å². The monoisotopic (exact) mass is 345 g/mol. The van der Waals surface area contributed by atoms with Crippen molar-refractivity contribution in [2.45, 2.75) is 19.5 Å². The Bertz CT molecular complexity index is 509. The number of hydrogen-bond acceptors (Lipinski definition) is 5. The van der Waals surface area contributed by atoms with Gasteiger partial charge in [0.2, 0.25) is 0 Å². The van der Waals surface area contributed by atoms with E-state index in [0.717, 1.165) is 21.8 Å². The lowest BCUT2D eigenvalue weighted by molar-refractivity contribution is 0.636. The molecule has 1 unspecified atom stereocenters. The Morgan fingerprint density at radius 2 is 2.22 bits per heavy atom. The second-order valence-electron chi connectivity index (χ2n) is 4.15. The average molecular weight is 346 g/mol. The van der Waals surface area contributed by atoms with Crippen LogP contribution in [0.2, 0.25) is 0 Å². The first kappa shape index (κ1) is 14.0. The molecule has 0 bridgehead atoms. The van der Waals surface area contributed by atoms with E-state index in [4.69, 9.17) is 0 Å². The van der Waals surface area contributed by atoms with Crippen molar-refractivity contribution in [2.75, 3.05) is 19.0 Å². The average Bonchev–Trinajstić information content (AvgIpc) is 2.97. The molecular formula is C12H16BrN3S2. The normalized spacial score (nSPS) is 12.7. The molecule has 18 heavy (non-hydrogen) atoms. The van der Waals surface area contributed by atoms with Gasteiger partial charge in [0.15, 0.2) is 5.13 Å². The summed E-state index contributed by atoms with van der Waals surface area (Å²) in [7, 11) is 4.04. The van der Waals surface area contributed by atoms with E-state index in [-0.39, 0.29) is 0 Å². The zero-order chi connectivity index (χ0) is 13.1. The maximum Gasteiger partial charge on any atom is 0.185 e. The second kappa shape index (κ2) is 6.14. The number of aromatic nitrogens is 1. The number of nitrogens with one attached hydrogen (secondary N) is 1. The quantitative estimate of drug-likeness (QED) is 0.890. The molecule has 0 saturated heterocycles. The number of rotatable bonds is 5. The number of thiazole rings is 1. The van der Waals surface area contributed by atoms with Crippen molar-refractivity contribution in [1.29, 1.82) is 0 Å². The van der Waals surface area contributed by atoms with Crippen LogP contribution in [-0.2, 0) is 6.54 Å². The lowest BCUT2D eigenvalue weighted by atomic mass is 10.3. The highest BCUT2D eigenvalue weighted by atomic mass is 79.9. The summed E-state index contributed by atoms with van der Waals surface area (Å²) in [5, 5.41) is 8.51. The summed E-state index contributed by atoms with van der Waals surface area (Å²) in [4.78, 5) is 8.18. The van der Waals surface area contributed by atoms with Gasteiger partial charge in [0.25, 0.3) is 0 Å². The summed E-state index contributed by atoms with van der Waals surface area (Å²) in [6.07, 6.45) is 0. The zero-order valence-electron chi connectivity index (χ0n) is 10.6. The van der Waals surface area contributed by atoms with Gasteiger partial charge in [0.05, 0.1) is 12.2 Å². The molecule has 0 spiro atoms. The highest BCUT2D eigenvalue weighted by Crippen LogP contribution is 2.26. The van der Waals surface area contributed by atoms with Crippen LogP contribution in [0.25, 0.3) is 0 Å². The predicted molar refractivity (Wildman–Crippen MR) is 83.7 cm³/mol. The molecule has 0 saturated carbocycles. The Morgan fingerprint density at radius 1 is 1.44 bits per heavy atom. The first-order valence-electron chi connectivity index (χ1n) is 5.67. The van der Waals surface area contributed by atoms with Gasteiger partial charge in [-0.1, -0.05) is 0 Å². The first-order valence-corrected chi connectivity index (χ1v) is 8.22. The second-order valence-corrected chi connectivity index (χ2v) is 6.90. The summed E-state index contributed by atoms with van der Waals surface area (Å²) >= 11 is 6.94. The van der Waals surface area contributed by atoms with Crippen LogP contribution < -0.4 is 10.2 Å². The van der Waals surface area contributed by atoms with Gasteiger partial charge in [0.1, 0.15) is 0 Å². The summed E-state index contributed by atoms with van der Waals surface area (Å²) in [6, 6.07) is 2.46. The number of nitrogens with zero attached hydrogens (tertiary/aromatic N) is 2. The van der Waals surface area contributed by atoms with Crippen LogP contribution >= 0.6 is 38.6 Å². The molecule has 1 N–H and O–H groups in total. The van der Waals surface area contributed by atoms with E-state index in [1.54, 1.807) is 22.7 Å². The largest absolute Gasteiger partial charge is 0.346 e. The number of anilines is 1. The van der Waals surface area contributed by atoms with Crippen LogP contribution in [0, 0.1) is 0 Å². The fraction of sp³-hybridized carbons (Fsp3) is 0.417. The Morgan fingerprint density at radius 3 is 2.83 bits per heavy atom. The molecule has 98 valence electrons. The van der Waals surface area contributed by atoms with Crippen LogP contribution in [-0.4, -0.2) is 19.1 Å². The summed E-state index contributed by atoms with van der Waals surface area (Å²) in [5.41, 5.74) is 1.11. The first-order chi connectivity index (χ1) is 8.60. The zero-order valence-corrected chi connectivity index (χ0v) is 13.8. The van der Waals surface area contributed by atoms with Crippen molar-refractivity contribution < 1.29 is 0 Å². The third-order valence-corrected chi connectivity index (χ3v) is 5.38. The molecule has 0 aromatic carbocycles. The van der Waals surface area contributed by atoms with Crippen molar-refractivity contribution in [3.8, 4) is 0 Å². The van der Waals surface area contributed by atoms with Crippen LogP contribution in [0.15, 0.2) is 21.3 Å². The smallest absolute Gasteiger partial charge is 0.185 e. The summed E-state index contributed by atoms with van der Waals surface area (Å²) < 4.78 is 1.15. The minimum atomic E-state index is 0.305. The highest BCUT2D eigenvalue weighted by Gasteiger charge is 2.11. The molecular weight excluding hydrogens is 330 g/mol. The van der Waals surface area contributed by atoms with Crippen LogP contribution in [0.3, 0.4) is 0 Å². The molecule has 2 aromatic heterocycles. The highest BCUT2D eigenvalue weighted by molar-refractivity contribution is 9.10. The van der Waals surface area contributed by atoms with Crippen LogP contribution in [0.4, 0.5) is 5.13 Å². The van der Waals surface area contributed by atoms with E-state index in [1.807, 2.05) is 7.05 Å². The van der Waals surface area contributed by atoms with Gasteiger partial charge in [-0.05, 0) is 36.0 Å². The Kier molecular flexibility index (Phi) is 4.77. The van der Waals surface area contributed by atoms with Crippen molar-refractivity contribution in [3.05, 3.63) is 31.9 Å². The van der Waals surface area contributed by atoms with Gasteiger partial charge in [-0.3, -0.25) is 0 Å². The van der Waals surface area contributed by atoms with Gasteiger partial charge in [-0.25, -0.2) is 4.98 Å². The SMILES string of the molecule is CNC(C)c1csc(N(C)Cc2cc(Br)cs2)n1. The molecule has 0 aliphatic carbocycles. The molecule has 3 nitrogen and oxygen atoms in total. The van der Waals surface area contributed by atoms with E-state index in [1.165, 1.54) is 4.88 Å². The Hall–Kier alpha value is -0.430. The standard InChI is InChI=1S/C12H16BrN3S2/c1-8(14-2)11-7-18-12(15-11)16(3)5-10-4-9(13)6-17-10/h4,6-8,14H,5H2,1-3H3. The molecule has 0 amide bonds. The molecule has 0 radical (unpaired) electrons. The molecule has 6 heteroatoms. The number of halogens is 1. The maximum absolute atomic E-state index is 4.66. The third-order valence-electron chi connectivity index (χ3n) is 2.73. The molecule has 0 aliphatic rings. The molecule has 2 aromatic rings. The third kappa shape index (κ3) is 3.32. The van der Waals surface area contributed by atoms with Crippen molar-refractivity contribution >= 4 is 43.7 Å². The van der Waals surface area contributed by atoms with E-state index in [2.05, 4.69) is 61.9 Å². The van der Waals surface area contributed by atoms with E-state index in [9.17, 15) is 0 Å². The Labute approximate surface area is 124 Å². The minimum absolute atomic E-state index is 0.305. The topological polar surface area (TPSA) is 28.2 Å². The molecule has 2 rings (SSSR count). The lowest BCUT2D eigenvalue weighted by Crippen LogP contribution is -2.16. The number of thiophene rings is 1. The van der Waals surface area contributed by atoms with E-state index < -0.39 is 0 Å². The van der Waals surface area contributed by atoms with E-state index in [0.29, 0.717) is 6.04 Å². The molecule has 0 fully saturated rings. The molecule has 1 atom stereocenters. The lowest BCUT2D eigenvalue weighted by Gasteiger charge is -2.14. The maximum atomic E-state index is 4.66. The fourth-order valence-electron chi connectivity index (χ4n) is 1.54. The van der Waals surface area contributed by atoms with Crippen molar-refractivity contribution in [1.82, 2.24) is 10.3 Å². The summed E-state index contributed by atoms with van der Waals surface area (Å²) in [5.74, 6) is 0.